The summed E-state index contributed by atoms with van der Waals surface area (Å²) in [6.07, 6.45) is 22.5. The van der Waals surface area contributed by atoms with Crippen molar-refractivity contribution in [3.8, 4) is 0 Å². The molecule has 0 amide bonds. The van der Waals surface area contributed by atoms with Crippen LogP contribution in [0.4, 0.5) is 0 Å². The summed E-state index contributed by atoms with van der Waals surface area (Å²) in [5.41, 5.74) is 0. The average Bonchev–Trinajstić information content (AvgIpc) is 2.05. The van der Waals surface area contributed by atoms with Gasteiger partial charge in [-0.15, -0.1) is 0 Å². The van der Waals surface area contributed by atoms with Crippen LogP contribution in [-0.4, -0.2) is 0 Å². The van der Waals surface area contributed by atoms with Crippen LogP contribution in [0.5, 0.6) is 0 Å². The summed E-state index contributed by atoms with van der Waals surface area (Å²) in [5, 5.41) is 0. The van der Waals surface area contributed by atoms with Crippen molar-refractivity contribution in [1.29, 1.82) is 0 Å². The highest BCUT2D eigenvalue weighted by molar-refractivity contribution is 5.11. The molecular formula is C12H15. The minimum atomic E-state index is 1.04. The first-order valence-corrected chi connectivity index (χ1v) is 4.45. The topological polar surface area (TPSA) is 0 Å². The molecule has 0 aromatic carbocycles. The van der Waals surface area contributed by atoms with E-state index < -0.39 is 0 Å². The molecule has 0 aromatic rings. The van der Waals surface area contributed by atoms with E-state index in [1.807, 2.05) is 0 Å². The van der Waals surface area contributed by atoms with Gasteiger partial charge in [0.25, 0.3) is 0 Å². The Labute approximate surface area is 75.0 Å². The van der Waals surface area contributed by atoms with Gasteiger partial charge in [0, 0.05) is 0 Å². The monoisotopic (exact) mass is 159 g/mol. The van der Waals surface area contributed by atoms with Gasteiger partial charge in [0.2, 0.25) is 0 Å². The quantitative estimate of drug-likeness (QED) is 0.474. The van der Waals surface area contributed by atoms with Crippen molar-refractivity contribution in [1.82, 2.24) is 0 Å². The molecule has 1 rings (SSSR count). The lowest BCUT2D eigenvalue weighted by Crippen LogP contribution is -1.68. The van der Waals surface area contributed by atoms with Crippen LogP contribution < -0.4 is 0 Å². The van der Waals surface area contributed by atoms with E-state index in [0.717, 1.165) is 19.3 Å². The molecule has 0 aromatic heterocycles. The maximum absolute atomic E-state index is 2.20. The van der Waals surface area contributed by atoms with Gasteiger partial charge in [0.1, 0.15) is 0 Å². The van der Waals surface area contributed by atoms with Crippen molar-refractivity contribution in [3.63, 3.8) is 0 Å². The molecule has 0 saturated heterocycles. The lowest BCUT2D eigenvalue weighted by molar-refractivity contribution is 1.23. The van der Waals surface area contributed by atoms with Crippen molar-refractivity contribution in [3.05, 3.63) is 55.0 Å². The molecule has 0 atom stereocenters. The molecule has 0 fully saturated rings. The van der Waals surface area contributed by atoms with Gasteiger partial charge in [-0.2, -0.15) is 0 Å². The first-order chi connectivity index (χ1) is 6.00. The molecule has 0 spiro atoms. The molecule has 63 valence electrons. The van der Waals surface area contributed by atoms with E-state index in [9.17, 15) is 0 Å². The van der Waals surface area contributed by atoms with Crippen LogP contribution in [0.1, 0.15) is 19.3 Å². The normalized spacial score (nSPS) is 29.3. The van der Waals surface area contributed by atoms with Crippen LogP contribution in [0.2, 0.25) is 0 Å². The Kier molecular flexibility index (Phi) is 5.02. The van der Waals surface area contributed by atoms with E-state index in [2.05, 4.69) is 55.0 Å². The second-order valence-electron chi connectivity index (χ2n) is 2.70. The third-order valence-electron chi connectivity index (χ3n) is 1.64. The van der Waals surface area contributed by atoms with Gasteiger partial charge >= 0.3 is 0 Å². The summed E-state index contributed by atoms with van der Waals surface area (Å²) >= 11 is 0. The minimum absolute atomic E-state index is 1.04. The predicted molar refractivity (Wildman–Crippen MR) is 54.7 cm³/mol. The van der Waals surface area contributed by atoms with Crippen LogP contribution in [0.3, 0.4) is 0 Å². The minimum Gasteiger partial charge on any atom is -0.0876 e. The van der Waals surface area contributed by atoms with Gasteiger partial charge in [-0.3, -0.25) is 0 Å². The van der Waals surface area contributed by atoms with Gasteiger partial charge in [-0.25, -0.2) is 0 Å². The van der Waals surface area contributed by atoms with Crippen LogP contribution in [-0.2, 0) is 0 Å². The van der Waals surface area contributed by atoms with Gasteiger partial charge in [0.15, 0.2) is 0 Å². The Bertz CT molecular complexity index is 204. The molecule has 0 nitrogen and oxygen atoms in total. The second-order valence-corrected chi connectivity index (χ2v) is 2.70. The number of rotatable bonds is 0. The molecule has 0 heterocycles. The van der Waals surface area contributed by atoms with Crippen molar-refractivity contribution < 1.29 is 0 Å². The maximum atomic E-state index is 2.20. The average molecular weight is 159 g/mol. The smallest absolute Gasteiger partial charge is 0.0130 e. The van der Waals surface area contributed by atoms with Gasteiger partial charge in [-0.05, 0) is 25.7 Å². The van der Waals surface area contributed by atoms with E-state index in [-0.39, 0.29) is 0 Å². The fraction of sp³-hybridized carbons (Fsp3) is 0.250. The fourth-order valence-corrected chi connectivity index (χ4v) is 0.999. The van der Waals surface area contributed by atoms with Crippen LogP contribution in [0.25, 0.3) is 0 Å². The van der Waals surface area contributed by atoms with Crippen LogP contribution in [0, 0.1) is 6.42 Å². The fourth-order valence-electron chi connectivity index (χ4n) is 0.999. The molecule has 0 aliphatic heterocycles. The summed E-state index contributed by atoms with van der Waals surface area (Å²) < 4.78 is 0. The predicted octanol–water partition coefficient (Wildman–Crippen LogP) is 3.60. The molecule has 0 N–H and O–H groups in total. The SMILES string of the molecule is [CH]1/C=C\C=C\C/C=C/C/C=C\C1. The van der Waals surface area contributed by atoms with Crippen molar-refractivity contribution >= 4 is 0 Å². The molecule has 12 heavy (non-hydrogen) atoms. The Balaban J connectivity index is 2.41. The van der Waals surface area contributed by atoms with E-state index in [1.54, 1.807) is 0 Å². The van der Waals surface area contributed by atoms with Crippen LogP contribution >= 0.6 is 0 Å². The molecule has 0 saturated carbocycles. The molecule has 0 heteroatoms. The first kappa shape index (κ1) is 9.05. The standard InChI is InChI=1S/C12H15/c1-2-4-6-8-10-12-11-9-7-5-3-1/h1-5,8-11H,6-7,12H2/b2-1-,5-3+,10-8-,11-9+. The molecule has 1 aliphatic rings. The zero-order valence-electron chi connectivity index (χ0n) is 7.32. The summed E-state index contributed by atoms with van der Waals surface area (Å²) in [5.74, 6) is 0. The van der Waals surface area contributed by atoms with E-state index in [4.69, 9.17) is 0 Å². The largest absolute Gasteiger partial charge is 0.0876 e. The Morgan fingerprint density at radius 1 is 0.500 bits per heavy atom. The molecular weight excluding hydrogens is 144 g/mol. The van der Waals surface area contributed by atoms with Gasteiger partial charge in [-0.1, -0.05) is 48.6 Å². The molecule has 1 aliphatic carbocycles. The molecule has 0 bridgehead atoms. The zero-order valence-corrected chi connectivity index (χ0v) is 7.32. The molecule has 0 unspecified atom stereocenters. The second kappa shape index (κ2) is 6.66. The van der Waals surface area contributed by atoms with E-state index in [0.29, 0.717) is 0 Å². The lowest BCUT2D eigenvalue weighted by atomic mass is 10.2. The molecule has 1 radical (unpaired) electrons. The number of allylic oxidation sites excluding steroid dienone is 8. The first-order valence-electron chi connectivity index (χ1n) is 4.45. The highest BCUT2D eigenvalue weighted by atomic mass is 13.8. The third-order valence-corrected chi connectivity index (χ3v) is 1.64. The Morgan fingerprint density at radius 2 is 1.17 bits per heavy atom. The summed E-state index contributed by atoms with van der Waals surface area (Å²) in [6, 6.07) is 0. The lowest BCUT2D eigenvalue weighted by Gasteiger charge is -1.87. The summed E-state index contributed by atoms with van der Waals surface area (Å²) in [7, 11) is 0. The van der Waals surface area contributed by atoms with Crippen molar-refractivity contribution in [2.45, 2.75) is 19.3 Å². The Morgan fingerprint density at radius 3 is 2.00 bits per heavy atom. The van der Waals surface area contributed by atoms with E-state index >= 15 is 0 Å². The van der Waals surface area contributed by atoms with E-state index in [1.165, 1.54) is 0 Å². The highest BCUT2D eigenvalue weighted by Crippen LogP contribution is 1.97. The number of hydrogen-bond acceptors (Lipinski definition) is 0. The zero-order chi connectivity index (χ0) is 8.49. The highest BCUT2D eigenvalue weighted by Gasteiger charge is 1.78. The van der Waals surface area contributed by atoms with Crippen LogP contribution in [0.15, 0.2) is 48.6 Å². The number of hydrogen-bond donors (Lipinski definition) is 0. The maximum Gasteiger partial charge on any atom is -0.0130 e. The summed E-state index contributed by atoms with van der Waals surface area (Å²) in [4.78, 5) is 0. The third kappa shape index (κ3) is 4.73. The van der Waals surface area contributed by atoms with Gasteiger partial charge in [0.05, 0.1) is 0 Å². The Hall–Kier alpha value is -1.04. The van der Waals surface area contributed by atoms with Gasteiger partial charge < -0.3 is 0 Å². The van der Waals surface area contributed by atoms with Crippen molar-refractivity contribution in [2.75, 3.05) is 0 Å². The summed E-state index contributed by atoms with van der Waals surface area (Å²) in [6.45, 7) is 0. The van der Waals surface area contributed by atoms with Crippen molar-refractivity contribution in [2.24, 2.45) is 0 Å².